The predicted molar refractivity (Wildman–Crippen MR) is 84.3 cm³/mol. The molecule has 2 rings (SSSR count). The van der Waals surface area contributed by atoms with Crippen LogP contribution in [-0.2, 0) is 4.79 Å². The lowest BCUT2D eigenvalue weighted by molar-refractivity contribution is -0.112. The lowest BCUT2D eigenvalue weighted by atomic mass is 10.2. The summed E-state index contributed by atoms with van der Waals surface area (Å²) in [6.45, 7) is 1.86. The number of amides is 1. The number of aryl methyl sites for hydroxylation is 1. The van der Waals surface area contributed by atoms with E-state index < -0.39 is 5.91 Å². The number of nitrogens with one attached hydrogen (secondary N) is 2. The maximum atomic E-state index is 12.0. The zero-order chi connectivity index (χ0) is 15.2. The molecular weight excluding hydrogens is 308 g/mol. The largest absolute Gasteiger partial charge is 0.337 e. The molecule has 0 unspecified atom stereocenters. The van der Waals surface area contributed by atoms with Crippen LogP contribution in [0.4, 0.5) is 10.8 Å². The van der Waals surface area contributed by atoms with E-state index in [2.05, 4.69) is 15.6 Å². The quantitative estimate of drug-likeness (QED) is 0.667. The lowest BCUT2D eigenvalue weighted by Gasteiger charge is -2.05. The van der Waals surface area contributed by atoms with Crippen LogP contribution in [0.2, 0.25) is 5.02 Å². The van der Waals surface area contributed by atoms with Gasteiger partial charge in [0.25, 0.3) is 5.91 Å². The van der Waals surface area contributed by atoms with Gasteiger partial charge in [0.2, 0.25) is 0 Å². The van der Waals surface area contributed by atoms with Gasteiger partial charge in [0.15, 0.2) is 5.13 Å². The summed E-state index contributed by atoms with van der Waals surface area (Å²) in [5.41, 5.74) is 1.26. The Morgan fingerprint density at radius 1 is 1.48 bits per heavy atom. The molecule has 0 spiro atoms. The highest BCUT2D eigenvalue weighted by atomic mass is 35.5. The molecule has 2 N–H and O–H groups in total. The van der Waals surface area contributed by atoms with Crippen molar-refractivity contribution in [3.8, 4) is 6.07 Å². The summed E-state index contributed by atoms with van der Waals surface area (Å²) < 4.78 is 0. The van der Waals surface area contributed by atoms with Crippen LogP contribution in [-0.4, -0.2) is 10.9 Å². The number of halogens is 1. The Hall–Kier alpha value is -2.36. The number of benzene rings is 1. The van der Waals surface area contributed by atoms with Crippen LogP contribution >= 0.6 is 22.9 Å². The highest BCUT2D eigenvalue weighted by molar-refractivity contribution is 7.13. The molecule has 2 aromatic rings. The molecule has 21 heavy (non-hydrogen) atoms. The summed E-state index contributed by atoms with van der Waals surface area (Å²) >= 11 is 7.34. The second-order valence-corrected chi connectivity index (χ2v) is 5.31. The van der Waals surface area contributed by atoms with Gasteiger partial charge in [-0.1, -0.05) is 23.7 Å². The van der Waals surface area contributed by atoms with Crippen LogP contribution in [0.15, 0.2) is 41.4 Å². The van der Waals surface area contributed by atoms with E-state index in [9.17, 15) is 4.79 Å². The minimum atomic E-state index is -0.536. The van der Waals surface area contributed by atoms with E-state index in [0.29, 0.717) is 15.8 Å². The van der Waals surface area contributed by atoms with Crippen LogP contribution in [0, 0.1) is 18.3 Å². The molecule has 0 saturated carbocycles. The van der Waals surface area contributed by atoms with Gasteiger partial charge in [0.1, 0.15) is 11.6 Å². The lowest BCUT2D eigenvalue weighted by Crippen LogP contribution is -2.14. The third-order valence-corrected chi connectivity index (χ3v) is 3.67. The second kappa shape index (κ2) is 6.88. The molecule has 106 valence electrons. The van der Waals surface area contributed by atoms with Gasteiger partial charge in [-0.25, -0.2) is 4.98 Å². The van der Waals surface area contributed by atoms with Gasteiger partial charge in [0, 0.05) is 11.6 Å². The molecule has 1 amide bonds. The van der Waals surface area contributed by atoms with Crippen LogP contribution in [0.1, 0.15) is 5.69 Å². The van der Waals surface area contributed by atoms with Gasteiger partial charge in [0.05, 0.1) is 16.4 Å². The number of nitrogens with zero attached hydrogens (tertiary/aromatic N) is 2. The third-order valence-electron chi connectivity index (χ3n) is 2.45. The molecule has 1 heterocycles. The van der Waals surface area contributed by atoms with Crippen molar-refractivity contribution in [3.05, 3.63) is 52.1 Å². The number of thiazole rings is 1. The Kier molecular flexibility index (Phi) is 4.93. The van der Waals surface area contributed by atoms with Crippen molar-refractivity contribution >= 4 is 39.7 Å². The minimum absolute atomic E-state index is 0.0669. The van der Waals surface area contributed by atoms with Crippen molar-refractivity contribution in [1.29, 1.82) is 5.26 Å². The van der Waals surface area contributed by atoms with E-state index in [4.69, 9.17) is 16.9 Å². The molecule has 0 radical (unpaired) electrons. The number of anilines is 2. The molecule has 0 aliphatic rings. The summed E-state index contributed by atoms with van der Waals surface area (Å²) in [6.07, 6.45) is 1.32. The molecule has 1 aromatic carbocycles. The van der Waals surface area contributed by atoms with E-state index in [1.54, 1.807) is 24.3 Å². The monoisotopic (exact) mass is 318 g/mol. The Bertz CT molecular complexity index is 733. The average Bonchev–Trinajstić information content (AvgIpc) is 2.88. The Morgan fingerprint density at radius 2 is 2.24 bits per heavy atom. The molecule has 0 atom stereocenters. The van der Waals surface area contributed by atoms with Crippen molar-refractivity contribution in [2.45, 2.75) is 6.92 Å². The highest BCUT2D eigenvalue weighted by Crippen LogP contribution is 2.21. The number of hydrogen-bond acceptors (Lipinski definition) is 5. The van der Waals surface area contributed by atoms with Crippen molar-refractivity contribution in [1.82, 2.24) is 4.98 Å². The smallest absolute Gasteiger partial charge is 0.267 e. The van der Waals surface area contributed by atoms with Crippen LogP contribution in [0.3, 0.4) is 0 Å². The Balaban J connectivity index is 2.08. The number of carbonyl (C=O) groups excluding carboxylic acids is 1. The molecule has 7 heteroatoms. The summed E-state index contributed by atoms with van der Waals surface area (Å²) in [7, 11) is 0. The molecule has 5 nitrogen and oxygen atoms in total. The van der Waals surface area contributed by atoms with Crippen LogP contribution in [0.5, 0.6) is 0 Å². The van der Waals surface area contributed by atoms with Gasteiger partial charge in [-0.2, -0.15) is 5.26 Å². The SMILES string of the molecule is Cc1csc(N/C=C(/C#N)C(=O)Nc2ccccc2Cl)n1. The van der Waals surface area contributed by atoms with Crippen LogP contribution < -0.4 is 10.6 Å². The number of hydrogen-bond donors (Lipinski definition) is 2. The molecule has 0 bridgehead atoms. The zero-order valence-electron chi connectivity index (χ0n) is 11.1. The maximum absolute atomic E-state index is 12.0. The number of nitriles is 1. The molecular formula is C14H11ClN4OS. The van der Waals surface area contributed by atoms with Gasteiger partial charge < -0.3 is 10.6 Å². The molecule has 0 saturated heterocycles. The Labute approximate surface area is 130 Å². The first kappa shape index (κ1) is 15.0. The van der Waals surface area contributed by atoms with E-state index in [0.717, 1.165) is 5.69 Å². The van der Waals surface area contributed by atoms with E-state index in [1.165, 1.54) is 17.5 Å². The first-order valence-electron chi connectivity index (χ1n) is 5.95. The highest BCUT2D eigenvalue weighted by Gasteiger charge is 2.11. The third kappa shape index (κ3) is 4.05. The maximum Gasteiger partial charge on any atom is 0.267 e. The van der Waals surface area contributed by atoms with Crippen LogP contribution in [0.25, 0.3) is 0 Å². The van der Waals surface area contributed by atoms with E-state index in [1.807, 2.05) is 18.4 Å². The number of carbonyl (C=O) groups is 1. The summed E-state index contributed by atoms with van der Waals surface area (Å²) in [4.78, 5) is 16.2. The minimum Gasteiger partial charge on any atom is -0.337 e. The fraction of sp³-hybridized carbons (Fsp3) is 0.0714. The van der Waals surface area contributed by atoms with Gasteiger partial charge in [-0.05, 0) is 19.1 Å². The number of aromatic nitrogens is 1. The van der Waals surface area contributed by atoms with Crippen molar-refractivity contribution in [3.63, 3.8) is 0 Å². The van der Waals surface area contributed by atoms with E-state index >= 15 is 0 Å². The predicted octanol–water partition coefficient (Wildman–Crippen LogP) is 3.56. The van der Waals surface area contributed by atoms with Gasteiger partial charge >= 0.3 is 0 Å². The van der Waals surface area contributed by atoms with Crippen molar-refractivity contribution in [2.75, 3.05) is 10.6 Å². The molecule has 0 aliphatic heterocycles. The topological polar surface area (TPSA) is 77.8 Å². The summed E-state index contributed by atoms with van der Waals surface area (Å²) in [6, 6.07) is 8.65. The zero-order valence-corrected chi connectivity index (χ0v) is 12.6. The fourth-order valence-electron chi connectivity index (χ4n) is 1.45. The van der Waals surface area contributed by atoms with Crippen molar-refractivity contribution in [2.24, 2.45) is 0 Å². The Morgan fingerprint density at radius 3 is 2.86 bits per heavy atom. The number of rotatable bonds is 4. The van der Waals surface area contributed by atoms with Crippen molar-refractivity contribution < 1.29 is 4.79 Å². The molecule has 0 aliphatic carbocycles. The fourth-order valence-corrected chi connectivity index (χ4v) is 2.30. The van der Waals surface area contributed by atoms with E-state index in [-0.39, 0.29) is 5.57 Å². The summed E-state index contributed by atoms with van der Waals surface area (Å²) in [5.74, 6) is -0.536. The first-order valence-corrected chi connectivity index (χ1v) is 7.20. The number of para-hydroxylation sites is 1. The molecule has 0 fully saturated rings. The molecule has 1 aromatic heterocycles. The first-order chi connectivity index (χ1) is 10.1. The second-order valence-electron chi connectivity index (χ2n) is 4.04. The standard InChI is InChI=1S/C14H11ClN4OS/c1-9-8-21-14(18-9)17-7-10(6-16)13(20)19-12-5-3-2-4-11(12)15/h2-5,7-8H,1H3,(H,17,18)(H,19,20)/b10-7-. The normalized spacial score (nSPS) is 10.8. The van der Waals surface area contributed by atoms with Gasteiger partial charge in [-0.15, -0.1) is 11.3 Å². The summed E-state index contributed by atoms with van der Waals surface area (Å²) in [5, 5.41) is 17.4. The van der Waals surface area contributed by atoms with Gasteiger partial charge in [-0.3, -0.25) is 4.79 Å². The average molecular weight is 319 g/mol.